The largest absolute Gasteiger partial charge is 0.479 e. The number of aliphatic carboxylic acids is 1. The second-order valence-corrected chi connectivity index (χ2v) is 4.29. The number of carbonyl (C=O) groups is 1. The Labute approximate surface area is 96.1 Å². The molecule has 1 N–H and O–H groups in total. The Kier molecular flexibility index (Phi) is 3.93. The summed E-state index contributed by atoms with van der Waals surface area (Å²) in [5.74, 6) is 0.0395. The number of ether oxygens (including phenoxy) is 1. The second kappa shape index (κ2) is 5.01. The van der Waals surface area contributed by atoms with Crippen molar-refractivity contribution in [2.24, 2.45) is 0 Å². The van der Waals surface area contributed by atoms with Crippen LogP contribution in [0.5, 0.6) is 5.75 Å². The van der Waals surface area contributed by atoms with Crippen LogP contribution in [-0.4, -0.2) is 17.2 Å². The molecule has 0 bridgehead atoms. The van der Waals surface area contributed by atoms with Gasteiger partial charge in [-0.25, -0.2) is 4.79 Å². The number of hydrogen-bond acceptors (Lipinski definition) is 2. The summed E-state index contributed by atoms with van der Waals surface area (Å²) >= 11 is 0. The molecular formula is C13H18O3. The van der Waals surface area contributed by atoms with Crippen molar-refractivity contribution in [3.05, 3.63) is 29.3 Å². The lowest BCUT2D eigenvalue weighted by molar-refractivity contribution is -0.144. The average molecular weight is 222 g/mol. The van der Waals surface area contributed by atoms with E-state index < -0.39 is 12.1 Å². The molecule has 0 heterocycles. The van der Waals surface area contributed by atoms with Crippen LogP contribution in [0.3, 0.4) is 0 Å². The van der Waals surface area contributed by atoms with Crippen molar-refractivity contribution in [2.45, 2.75) is 39.7 Å². The first-order valence-electron chi connectivity index (χ1n) is 5.41. The summed E-state index contributed by atoms with van der Waals surface area (Å²) in [6.07, 6.45) is -0.820. The fourth-order valence-corrected chi connectivity index (χ4v) is 1.46. The van der Waals surface area contributed by atoms with Gasteiger partial charge in [-0.2, -0.15) is 0 Å². The van der Waals surface area contributed by atoms with Crippen LogP contribution in [0.15, 0.2) is 18.2 Å². The first-order valence-corrected chi connectivity index (χ1v) is 5.41. The van der Waals surface area contributed by atoms with Crippen LogP contribution in [-0.2, 0) is 4.79 Å². The number of aryl methyl sites for hydroxylation is 1. The molecule has 3 heteroatoms. The van der Waals surface area contributed by atoms with Crippen LogP contribution in [0.2, 0.25) is 0 Å². The van der Waals surface area contributed by atoms with Gasteiger partial charge in [0.2, 0.25) is 0 Å². The molecule has 0 fully saturated rings. The maximum absolute atomic E-state index is 10.7. The van der Waals surface area contributed by atoms with Gasteiger partial charge in [0.25, 0.3) is 0 Å². The van der Waals surface area contributed by atoms with Crippen molar-refractivity contribution in [3.63, 3.8) is 0 Å². The smallest absolute Gasteiger partial charge is 0.344 e. The minimum Gasteiger partial charge on any atom is -0.479 e. The Morgan fingerprint density at radius 3 is 2.44 bits per heavy atom. The highest BCUT2D eigenvalue weighted by molar-refractivity contribution is 5.72. The van der Waals surface area contributed by atoms with Crippen LogP contribution in [0, 0.1) is 6.92 Å². The van der Waals surface area contributed by atoms with Gasteiger partial charge in [0.15, 0.2) is 6.10 Å². The van der Waals surface area contributed by atoms with Crippen molar-refractivity contribution in [2.75, 3.05) is 0 Å². The topological polar surface area (TPSA) is 46.5 Å². The van der Waals surface area contributed by atoms with Crippen LogP contribution >= 0.6 is 0 Å². The summed E-state index contributed by atoms with van der Waals surface area (Å²) in [5.41, 5.74) is 2.11. The zero-order valence-corrected chi connectivity index (χ0v) is 10.2. The van der Waals surface area contributed by atoms with E-state index in [9.17, 15) is 4.79 Å². The highest BCUT2D eigenvalue weighted by Gasteiger charge is 2.16. The zero-order chi connectivity index (χ0) is 12.3. The maximum Gasteiger partial charge on any atom is 0.344 e. The SMILES string of the molecule is Cc1ccc(C(C)C)c(O[C@H](C)C(=O)O)c1. The van der Waals surface area contributed by atoms with Crippen LogP contribution in [0.1, 0.15) is 37.8 Å². The third kappa shape index (κ3) is 2.99. The van der Waals surface area contributed by atoms with Gasteiger partial charge in [-0.3, -0.25) is 0 Å². The van der Waals surface area contributed by atoms with Crippen molar-refractivity contribution < 1.29 is 14.6 Å². The Morgan fingerprint density at radius 1 is 1.31 bits per heavy atom. The fraction of sp³-hybridized carbons (Fsp3) is 0.462. The molecule has 0 spiro atoms. The molecule has 0 aromatic heterocycles. The molecule has 0 saturated carbocycles. The molecular weight excluding hydrogens is 204 g/mol. The van der Waals surface area contributed by atoms with Gasteiger partial charge in [-0.15, -0.1) is 0 Å². The van der Waals surface area contributed by atoms with Gasteiger partial charge < -0.3 is 9.84 Å². The Hall–Kier alpha value is -1.51. The van der Waals surface area contributed by atoms with Crippen molar-refractivity contribution in [3.8, 4) is 5.75 Å². The fourth-order valence-electron chi connectivity index (χ4n) is 1.46. The van der Waals surface area contributed by atoms with E-state index in [2.05, 4.69) is 13.8 Å². The number of carboxylic acid groups (broad SMARTS) is 1. The van der Waals surface area contributed by atoms with E-state index >= 15 is 0 Å². The summed E-state index contributed by atoms with van der Waals surface area (Å²) in [6, 6.07) is 5.88. The van der Waals surface area contributed by atoms with E-state index in [1.807, 2.05) is 25.1 Å². The molecule has 0 aliphatic carbocycles. The number of rotatable bonds is 4. The zero-order valence-electron chi connectivity index (χ0n) is 10.2. The summed E-state index contributed by atoms with van der Waals surface area (Å²) in [4.78, 5) is 10.7. The standard InChI is InChI=1S/C13H18O3/c1-8(2)11-6-5-9(3)7-12(11)16-10(4)13(14)15/h5-8,10H,1-4H3,(H,14,15)/t10-/m1/s1. The molecule has 1 aromatic rings. The summed E-state index contributed by atoms with van der Waals surface area (Å²) in [5, 5.41) is 8.82. The maximum atomic E-state index is 10.7. The predicted octanol–water partition coefficient (Wildman–Crippen LogP) is 2.97. The van der Waals surface area contributed by atoms with Crippen molar-refractivity contribution in [1.29, 1.82) is 0 Å². The van der Waals surface area contributed by atoms with Gasteiger partial charge >= 0.3 is 5.97 Å². The molecule has 1 rings (SSSR count). The van der Waals surface area contributed by atoms with E-state index in [1.165, 1.54) is 6.92 Å². The minimum atomic E-state index is -0.948. The quantitative estimate of drug-likeness (QED) is 0.851. The Bertz CT molecular complexity index is 383. The van der Waals surface area contributed by atoms with E-state index in [-0.39, 0.29) is 0 Å². The highest BCUT2D eigenvalue weighted by Crippen LogP contribution is 2.28. The third-order valence-electron chi connectivity index (χ3n) is 2.44. The lowest BCUT2D eigenvalue weighted by atomic mass is 10.0. The normalized spacial score (nSPS) is 12.6. The molecule has 0 aliphatic heterocycles. The third-order valence-corrected chi connectivity index (χ3v) is 2.44. The van der Waals surface area contributed by atoms with Crippen LogP contribution in [0.25, 0.3) is 0 Å². The van der Waals surface area contributed by atoms with Gasteiger partial charge in [-0.1, -0.05) is 26.0 Å². The number of hydrogen-bond donors (Lipinski definition) is 1. The van der Waals surface area contributed by atoms with Gasteiger partial charge in [-0.05, 0) is 37.0 Å². The second-order valence-electron chi connectivity index (χ2n) is 4.29. The van der Waals surface area contributed by atoms with E-state index in [0.29, 0.717) is 11.7 Å². The lowest BCUT2D eigenvalue weighted by Gasteiger charge is -2.17. The average Bonchev–Trinajstić information content (AvgIpc) is 2.16. The molecule has 0 unspecified atom stereocenters. The summed E-state index contributed by atoms with van der Waals surface area (Å²) < 4.78 is 5.45. The minimum absolute atomic E-state index is 0.316. The van der Waals surface area contributed by atoms with Gasteiger partial charge in [0, 0.05) is 0 Å². The monoisotopic (exact) mass is 222 g/mol. The molecule has 88 valence electrons. The highest BCUT2D eigenvalue weighted by atomic mass is 16.5. The molecule has 1 atom stereocenters. The first-order chi connectivity index (χ1) is 7.41. The summed E-state index contributed by atoms with van der Waals surface area (Å²) in [6.45, 7) is 7.61. The van der Waals surface area contributed by atoms with E-state index in [4.69, 9.17) is 9.84 Å². The molecule has 0 amide bonds. The first kappa shape index (κ1) is 12.6. The van der Waals surface area contributed by atoms with E-state index in [1.54, 1.807) is 0 Å². The van der Waals surface area contributed by atoms with Gasteiger partial charge in [0.05, 0.1) is 0 Å². The van der Waals surface area contributed by atoms with Crippen LogP contribution < -0.4 is 4.74 Å². The molecule has 0 aliphatic rings. The van der Waals surface area contributed by atoms with Crippen molar-refractivity contribution >= 4 is 5.97 Å². The molecule has 3 nitrogen and oxygen atoms in total. The van der Waals surface area contributed by atoms with Gasteiger partial charge in [0.1, 0.15) is 5.75 Å². The molecule has 0 saturated heterocycles. The molecule has 0 radical (unpaired) electrons. The predicted molar refractivity (Wildman–Crippen MR) is 63.0 cm³/mol. The summed E-state index contributed by atoms with van der Waals surface area (Å²) in [7, 11) is 0. The molecule has 1 aromatic carbocycles. The van der Waals surface area contributed by atoms with E-state index in [0.717, 1.165) is 11.1 Å². The molecule has 16 heavy (non-hydrogen) atoms. The van der Waals surface area contributed by atoms with Crippen molar-refractivity contribution in [1.82, 2.24) is 0 Å². The number of benzene rings is 1. The Balaban J connectivity index is 3.01. The van der Waals surface area contributed by atoms with Crippen LogP contribution in [0.4, 0.5) is 0 Å². The Morgan fingerprint density at radius 2 is 1.94 bits per heavy atom. The lowest BCUT2D eigenvalue weighted by Crippen LogP contribution is -2.23. The number of carboxylic acids is 1.